The second-order valence-corrected chi connectivity index (χ2v) is 2.09. The van der Waals surface area contributed by atoms with Crippen molar-refractivity contribution in [3.8, 4) is 0 Å². The number of aliphatic hydroxyl groups is 1. The highest BCUT2D eigenvalue weighted by atomic mass is 16.3. The molecule has 0 heterocycles. The van der Waals surface area contributed by atoms with Gasteiger partial charge in [-0.1, -0.05) is 13.8 Å². The SMILES string of the molecule is [CH2]C(C)CC(O)=CC. The minimum Gasteiger partial charge on any atom is -0.513 e. The van der Waals surface area contributed by atoms with E-state index in [1.54, 1.807) is 6.08 Å². The monoisotopic (exact) mass is 113 g/mol. The van der Waals surface area contributed by atoms with Crippen molar-refractivity contribution in [2.75, 3.05) is 0 Å². The number of hydrogen-bond donors (Lipinski definition) is 1. The van der Waals surface area contributed by atoms with Crippen LogP contribution in [0, 0.1) is 12.8 Å². The average molecular weight is 113 g/mol. The molecular weight excluding hydrogens is 100 g/mol. The molecule has 0 saturated heterocycles. The normalized spacial score (nSPS) is 12.8. The zero-order valence-electron chi connectivity index (χ0n) is 5.52. The molecule has 0 fully saturated rings. The van der Waals surface area contributed by atoms with Crippen LogP contribution in [0.5, 0.6) is 0 Å². The third kappa shape index (κ3) is 3.72. The highest BCUT2D eigenvalue weighted by Crippen LogP contribution is 2.05. The van der Waals surface area contributed by atoms with E-state index in [-0.39, 0.29) is 0 Å². The van der Waals surface area contributed by atoms with Gasteiger partial charge >= 0.3 is 0 Å². The Morgan fingerprint density at radius 2 is 2.38 bits per heavy atom. The molecule has 0 aromatic carbocycles. The van der Waals surface area contributed by atoms with Gasteiger partial charge in [0.15, 0.2) is 0 Å². The van der Waals surface area contributed by atoms with Crippen molar-refractivity contribution in [2.24, 2.45) is 5.92 Å². The summed E-state index contributed by atoms with van der Waals surface area (Å²) >= 11 is 0. The van der Waals surface area contributed by atoms with E-state index in [1.807, 2.05) is 13.8 Å². The maximum Gasteiger partial charge on any atom is 0.0882 e. The summed E-state index contributed by atoms with van der Waals surface area (Å²) in [5.41, 5.74) is 0. The van der Waals surface area contributed by atoms with E-state index in [9.17, 15) is 0 Å². The largest absolute Gasteiger partial charge is 0.513 e. The van der Waals surface area contributed by atoms with Crippen LogP contribution in [0.4, 0.5) is 0 Å². The molecule has 0 aromatic heterocycles. The van der Waals surface area contributed by atoms with Crippen LogP contribution in [-0.4, -0.2) is 5.11 Å². The number of rotatable bonds is 2. The molecule has 1 N–H and O–H groups in total. The van der Waals surface area contributed by atoms with Gasteiger partial charge < -0.3 is 5.11 Å². The van der Waals surface area contributed by atoms with Crippen LogP contribution < -0.4 is 0 Å². The van der Waals surface area contributed by atoms with Crippen LogP contribution in [0.15, 0.2) is 11.8 Å². The van der Waals surface area contributed by atoms with E-state index in [4.69, 9.17) is 5.11 Å². The summed E-state index contributed by atoms with van der Waals surface area (Å²) in [5.74, 6) is 0.749. The van der Waals surface area contributed by atoms with Crippen molar-refractivity contribution >= 4 is 0 Å². The van der Waals surface area contributed by atoms with Crippen molar-refractivity contribution in [3.05, 3.63) is 18.8 Å². The first-order valence-corrected chi connectivity index (χ1v) is 2.84. The third-order valence-electron chi connectivity index (χ3n) is 0.891. The molecule has 1 unspecified atom stereocenters. The van der Waals surface area contributed by atoms with Gasteiger partial charge in [0, 0.05) is 6.42 Å². The van der Waals surface area contributed by atoms with Gasteiger partial charge in [-0.2, -0.15) is 0 Å². The van der Waals surface area contributed by atoms with Crippen LogP contribution >= 0.6 is 0 Å². The summed E-state index contributed by atoms with van der Waals surface area (Å²) in [7, 11) is 0. The molecule has 0 aromatic rings. The van der Waals surface area contributed by atoms with Crippen LogP contribution in [0.3, 0.4) is 0 Å². The molecule has 1 heteroatoms. The maximum absolute atomic E-state index is 8.85. The van der Waals surface area contributed by atoms with Gasteiger partial charge in [-0.25, -0.2) is 0 Å². The predicted octanol–water partition coefficient (Wildman–Crippen LogP) is 2.31. The van der Waals surface area contributed by atoms with Crippen LogP contribution in [0.25, 0.3) is 0 Å². The molecule has 0 spiro atoms. The Morgan fingerprint density at radius 1 is 1.88 bits per heavy atom. The van der Waals surface area contributed by atoms with E-state index in [1.165, 1.54) is 0 Å². The van der Waals surface area contributed by atoms with E-state index in [2.05, 4.69) is 6.92 Å². The predicted molar refractivity (Wildman–Crippen MR) is 35.5 cm³/mol. The summed E-state index contributed by atoms with van der Waals surface area (Å²) in [6.07, 6.45) is 2.39. The van der Waals surface area contributed by atoms with Gasteiger partial charge in [0.1, 0.15) is 0 Å². The van der Waals surface area contributed by atoms with Crippen molar-refractivity contribution in [1.29, 1.82) is 0 Å². The first-order chi connectivity index (χ1) is 3.66. The van der Waals surface area contributed by atoms with Gasteiger partial charge in [0.2, 0.25) is 0 Å². The summed E-state index contributed by atoms with van der Waals surface area (Å²) in [5, 5.41) is 8.85. The summed E-state index contributed by atoms with van der Waals surface area (Å²) in [6, 6.07) is 0. The van der Waals surface area contributed by atoms with E-state index in [0.717, 1.165) is 0 Å². The van der Waals surface area contributed by atoms with Crippen molar-refractivity contribution in [2.45, 2.75) is 20.3 Å². The summed E-state index contributed by atoms with van der Waals surface area (Å²) in [6.45, 7) is 7.51. The lowest BCUT2D eigenvalue weighted by Gasteiger charge is -2.00. The smallest absolute Gasteiger partial charge is 0.0882 e. The average Bonchev–Trinajstić information content (AvgIpc) is 1.65. The molecule has 1 nitrogen and oxygen atoms in total. The maximum atomic E-state index is 8.85. The van der Waals surface area contributed by atoms with E-state index >= 15 is 0 Å². The standard InChI is InChI=1S/C7H13O/c1-4-7(8)5-6(2)3/h4,6,8H,2,5H2,1,3H3. The minimum atomic E-state index is 0.311. The first kappa shape index (κ1) is 7.54. The highest BCUT2D eigenvalue weighted by Gasteiger charge is 1.94. The van der Waals surface area contributed by atoms with Gasteiger partial charge in [-0.15, -0.1) is 0 Å². The summed E-state index contributed by atoms with van der Waals surface area (Å²) < 4.78 is 0. The quantitative estimate of drug-likeness (QED) is 0.545. The van der Waals surface area contributed by atoms with Gasteiger partial charge in [-0.05, 0) is 18.9 Å². The van der Waals surface area contributed by atoms with E-state index in [0.29, 0.717) is 18.1 Å². The molecule has 1 radical (unpaired) electrons. The van der Waals surface area contributed by atoms with E-state index < -0.39 is 0 Å². The van der Waals surface area contributed by atoms with Gasteiger partial charge in [0.25, 0.3) is 0 Å². The lowest BCUT2D eigenvalue weighted by molar-refractivity contribution is 0.371. The Kier molecular flexibility index (Phi) is 3.33. The molecular formula is C7H13O. The molecule has 0 aliphatic carbocycles. The Bertz CT molecular complexity index is 82.4. The fourth-order valence-electron chi connectivity index (χ4n) is 0.475. The number of aliphatic hydroxyl groups excluding tert-OH is 1. The van der Waals surface area contributed by atoms with Crippen LogP contribution in [0.2, 0.25) is 0 Å². The van der Waals surface area contributed by atoms with Crippen molar-refractivity contribution in [1.82, 2.24) is 0 Å². The Balaban J connectivity index is 3.39. The topological polar surface area (TPSA) is 20.2 Å². The minimum absolute atomic E-state index is 0.311. The number of allylic oxidation sites excluding steroid dienone is 2. The third-order valence-corrected chi connectivity index (χ3v) is 0.891. The molecule has 0 amide bonds. The molecule has 8 heavy (non-hydrogen) atoms. The Labute approximate surface area is 51.0 Å². The van der Waals surface area contributed by atoms with Crippen LogP contribution in [-0.2, 0) is 0 Å². The van der Waals surface area contributed by atoms with Crippen molar-refractivity contribution in [3.63, 3.8) is 0 Å². The zero-order chi connectivity index (χ0) is 6.57. The van der Waals surface area contributed by atoms with Gasteiger partial charge in [-0.3, -0.25) is 0 Å². The fraction of sp³-hybridized carbons (Fsp3) is 0.571. The lowest BCUT2D eigenvalue weighted by atomic mass is 10.1. The number of hydrogen-bond acceptors (Lipinski definition) is 1. The zero-order valence-corrected chi connectivity index (χ0v) is 5.52. The van der Waals surface area contributed by atoms with Gasteiger partial charge in [0.05, 0.1) is 5.76 Å². The molecule has 0 aliphatic heterocycles. The molecule has 0 rings (SSSR count). The Hall–Kier alpha value is -0.460. The highest BCUT2D eigenvalue weighted by molar-refractivity contribution is 4.89. The molecule has 0 bridgehead atoms. The molecule has 0 saturated carbocycles. The molecule has 47 valence electrons. The second kappa shape index (κ2) is 3.53. The molecule has 1 atom stereocenters. The first-order valence-electron chi connectivity index (χ1n) is 2.84. The second-order valence-electron chi connectivity index (χ2n) is 2.09. The summed E-state index contributed by atoms with van der Waals surface area (Å²) in [4.78, 5) is 0. The Morgan fingerprint density at radius 3 is 2.50 bits per heavy atom. The fourth-order valence-corrected chi connectivity index (χ4v) is 0.475. The van der Waals surface area contributed by atoms with Crippen LogP contribution in [0.1, 0.15) is 20.3 Å². The molecule has 0 aliphatic rings. The lowest BCUT2D eigenvalue weighted by Crippen LogP contribution is -1.89. The van der Waals surface area contributed by atoms with Crippen molar-refractivity contribution < 1.29 is 5.11 Å².